The first-order valence-electron chi connectivity index (χ1n) is 6.65. The van der Waals surface area contributed by atoms with E-state index in [1.807, 2.05) is 12.1 Å². The maximum atomic E-state index is 5.60. The van der Waals surface area contributed by atoms with Gasteiger partial charge in [-0.1, -0.05) is 13.3 Å². The third-order valence-electron chi connectivity index (χ3n) is 3.64. The first kappa shape index (κ1) is 12.4. The molecule has 1 aliphatic carbocycles. The van der Waals surface area contributed by atoms with E-state index in [0.717, 1.165) is 24.3 Å². The average molecular weight is 233 g/mol. The third-order valence-corrected chi connectivity index (χ3v) is 3.64. The van der Waals surface area contributed by atoms with Crippen LogP contribution >= 0.6 is 0 Å². The fourth-order valence-corrected chi connectivity index (χ4v) is 2.38. The van der Waals surface area contributed by atoms with Crippen LogP contribution in [0.4, 0.5) is 5.69 Å². The molecule has 3 N–H and O–H groups in total. The highest BCUT2D eigenvalue weighted by Gasteiger charge is 2.40. The van der Waals surface area contributed by atoms with Crippen molar-refractivity contribution in [3.8, 4) is 0 Å². The SMILES string of the molecule is CCCC1(CNCCc2ccc(N)cn2)CC1. The fourth-order valence-electron chi connectivity index (χ4n) is 2.38. The van der Waals surface area contributed by atoms with Crippen molar-refractivity contribution in [3.05, 3.63) is 24.0 Å². The molecular formula is C14H23N3. The van der Waals surface area contributed by atoms with Gasteiger partial charge in [0.25, 0.3) is 0 Å². The molecule has 94 valence electrons. The molecule has 1 saturated carbocycles. The van der Waals surface area contributed by atoms with Crippen molar-refractivity contribution in [1.82, 2.24) is 10.3 Å². The highest BCUT2D eigenvalue weighted by molar-refractivity contribution is 5.34. The van der Waals surface area contributed by atoms with Gasteiger partial charge in [0, 0.05) is 25.2 Å². The summed E-state index contributed by atoms with van der Waals surface area (Å²) in [5.74, 6) is 0. The van der Waals surface area contributed by atoms with Crippen LogP contribution in [0.5, 0.6) is 0 Å². The Balaban J connectivity index is 1.65. The van der Waals surface area contributed by atoms with E-state index in [1.54, 1.807) is 6.20 Å². The van der Waals surface area contributed by atoms with Crippen LogP contribution in [0.15, 0.2) is 18.3 Å². The van der Waals surface area contributed by atoms with Crippen molar-refractivity contribution in [2.24, 2.45) is 5.41 Å². The number of pyridine rings is 1. The molecule has 1 aromatic heterocycles. The lowest BCUT2D eigenvalue weighted by Gasteiger charge is -2.14. The van der Waals surface area contributed by atoms with Gasteiger partial charge in [-0.05, 0) is 36.8 Å². The van der Waals surface area contributed by atoms with Gasteiger partial charge in [-0.3, -0.25) is 4.98 Å². The molecular weight excluding hydrogens is 210 g/mol. The van der Waals surface area contributed by atoms with Gasteiger partial charge in [0.15, 0.2) is 0 Å². The molecule has 0 atom stereocenters. The van der Waals surface area contributed by atoms with Crippen molar-refractivity contribution in [2.75, 3.05) is 18.8 Å². The van der Waals surface area contributed by atoms with Gasteiger partial charge < -0.3 is 11.1 Å². The molecule has 0 radical (unpaired) electrons. The minimum absolute atomic E-state index is 0.642. The average Bonchev–Trinajstić information content (AvgIpc) is 3.08. The van der Waals surface area contributed by atoms with Gasteiger partial charge in [0.05, 0.1) is 11.9 Å². The quantitative estimate of drug-likeness (QED) is 0.711. The van der Waals surface area contributed by atoms with Gasteiger partial charge in [-0.15, -0.1) is 0 Å². The molecule has 0 bridgehead atoms. The Hall–Kier alpha value is -1.09. The Morgan fingerprint density at radius 3 is 2.82 bits per heavy atom. The largest absolute Gasteiger partial charge is 0.397 e. The molecule has 1 heterocycles. The van der Waals surface area contributed by atoms with Crippen LogP contribution in [-0.4, -0.2) is 18.1 Å². The Labute approximate surface area is 104 Å². The summed E-state index contributed by atoms with van der Waals surface area (Å²) in [5.41, 5.74) is 8.10. The number of nitrogens with zero attached hydrogens (tertiary/aromatic N) is 1. The summed E-state index contributed by atoms with van der Waals surface area (Å²) in [4.78, 5) is 4.30. The summed E-state index contributed by atoms with van der Waals surface area (Å²) >= 11 is 0. The van der Waals surface area contributed by atoms with Crippen molar-refractivity contribution in [3.63, 3.8) is 0 Å². The molecule has 0 amide bonds. The first-order chi connectivity index (χ1) is 8.24. The molecule has 3 heteroatoms. The van der Waals surface area contributed by atoms with E-state index in [9.17, 15) is 0 Å². The first-order valence-corrected chi connectivity index (χ1v) is 6.65. The number of rotatable bonds is 7. The van der Waals surface area contributed by atoms with E-state index in [2.05, 4.69) is 17.2 Å². The van der Waals surface area contributed by atoms with E-state index in [4.69, 9.17) is 5.73 Å². The van der Waals surface area contributed by atoms with E-state index in [0.29, 0.717) is 5.41 Å². The predicted octanol–water partition coefficient (Wildman–Crippen LogP) is 2.38. The molecule has 1 fully saturated rings. The number of hydrogen-bond acceptors (Lipinski definition) is 3. The van der Waals surface area contributed by atoms with E-state index < -0.39 is 0 Å². The van der Waals surface area contributed by atoms with Gasteiger partial charge in [0.2, 0.25) is 0 Å². The van der Waals surface area contributed by atoms with E-state index in [1.165, 1.54) is 32.2 Å². The minimum atomic E-state index is 0.642. The fraction of sp³-hybridized carbons (Fsp3) is 0.643. The topological polar surface area (TPSA) is 50.9 Å². The second-order valence-electron chi connectivity index (χ2n) is 5.26. The third kappa shape index (κ3) is 3.70. The Bertz CT molecular complexity index is 341. The lowest BCUT2D eigenvalue weighted by molar-refractivity contribution is 0.422. The summed E-state index contributed by atoms with van der Waals surface area (Å²) in [7, 11) is 0. The summed E-state index contributed by atoms with van der Waals surface area (Å²) < 4.78 is 0. The lowest BCUT2D eigenvalue weighted by Crippen LogP contribution is -2.26. The van der Waals surface area contributed by atoms with Crippen molar-refractivity contribution in [1.29, 1.82) is 0 Å². The maximum absolute atomic E-state index is 5.60. The number of anilines is 1. The Morgan fingerprint density at radius 2 is 2.24 bits per heavy atom. The lowest BCUT2D eigenvalue weighted by atomic mass is 10.0. The standard InChI is InChI=1S/C14H23N3/c1-2-6-14(7-8-14)11-16-9-5-13-4-3-12(15)10-17-13/h3-4,10,16H,2,5-9,11,15H2,1H3. The highest BCUT2D eigenvalue weighted by Crippen LogP contribution is 2.48. The second kappa shape index (κ2) is 5.50. The monoisotopic (exact) mass is 233 g/mol. The zero-order valence-corrected chi connectivity index (χ0v) is 10.7. The van der Waals surface area contributed by atoms with Gasteiger partial charge >= 0.3 is 0 Å². The minimum Gasteiger partial charge on any atom is -0.397 e. The van der Waals surface area contributed by atoms with E-state index >= 15 is 0 Å². The van der Waals surface area contributed by atoms with Crippen LogP contribution in [0.2, 0.25) is 0 Å². The molecule has 17 heavy (non-hydrogen) atoms. The zero-order valence-electron chi connectivity index (χ0n) is 10.7. The number of nitrogens with two attached hydrogens (primary N) is 1. The Morgan fingerprint density at radius 1 is 1.41 bits per heavy atom. The normalized spacial score (nSPS) is 17.0. The molecule has 0 aliphatic heterocycles. The highest BCUT2D eigenvalue weighted by atomic mass is 14.9. The molecule has 0 saturated heterocycles. The summed E-state index contributed by atoms with van der Waals surface area (Å²) in [6, 6.07) is 3.93. The number of nitrogens with one attached hydrogen (secondary N) is 1. The Kier molecular flexibility index (Phi) is 4.00. The predicted molar refractivity (Wildman–Crippen MR) is 71.8 cm³/mol. The summed E-state index contributed by atoms with van der Waals surface area (Å²) in [5, 5.41) is 3.56. The number of nitrogen functional groups attached to an aromatic ring is 1. The van der Waals surface area contributed by atoms with Crippen LogP contribution in [0.1, 0.15) is 38.3 Å². The maximum Gasteiger partial charge on any atom is 0.0501 e. The molecule has 0 aromatic carbocycles. The van der Waals surface area contributed by atoms with Crippen LogP contribution in [0.25, 0.3) is 0 Å². The van der Waals surface area contributed by atoms with Crippen LogP contribution in [-0.2, 0) is 6.42 Å². The smallest absolute Gasteiger partial charge is 0.0501 e. The number of hydrogen-bond donors (Lipinski definition) is 2. The molecule has 3 nitrogen and oxygen atoms in total. The molecule has 1 aromatic rings. The van der Waals surface area contributed by atoms with Crippen molar-refractivity contribution < 1.29 is 0 Å². The molecule has 2 rings (SSSR count). The van der Waals surface area contributed by atoms with E-state index in [-0.39, 0.29) is 0 Å². The molecule has 1 aliphatic rings. The van der Waals surface area contributed by atoms with Crippen molar-refractivity contribution >= 4 is 5.69 Å². The van der Waals surface area contributed by atoms with Crippen molar-refractivity contribution in [2.45, 2.75) is 39.0 Å². The molecule has 0 spiro atoms. The van der Waals surface area contributed by atoms with Gasteiger partial charge in [0.1, 0.15) is 0 Å². The molecule has 0 unspecified atom stereocenters. The summed E-state index contributed by atoms with van der Waals surface area (Å²) in [6.45, 7) is 4.47. The van der Waals surface area contributed by atoms with Crippen LogP contribution in [0.3, 0.4) is 0 Å². The van der Waals surface area contributed by atoms with Crippen LogP contribution < -0.4 is 11.1 Å². The van der Waals surface area contributed by atoms with Gasteiger partial charge in [-0.2, -0.15) is 0 Å². The second-order valence-corrected chi connectivity index (χ2v) is 5.26. The zero-order chi connectivity index (χ0) is 12.1. The summed E-state index contributed by atoms with van der Waals surface area (Å²) in [6.07, 6.45) is 8.22. The van der Waals surface area contributed by atoms with Crippen LogP contribution in [0, 0.1) is 5.41 Å². The van der Waals surface area contributed by atoms with Gasteiger partial charge in [-0.25, -0.2) is 0 Å². The number of aromatic nitrogens is 1.